The van der Waals surface area contributed by atoms with Gasteiger partial charge in [0.15, 0.2) is 11.4 Å². The summed E-state index contributed by atoms with van der Waals surface area (Å²) in [5.41, 5.74) is -0.325. The van der Waals surface area contributed by atoms with Gasteiger partial charge in [-0.3, -0.25) is 10.1 Å². The Bertz CT molecular complexity index is 583. The molecule has 1 heterocycles. The number of aliphatic hydroxyl groups is 1. The number of rotatable bonds is 2. The Kier molecular flexibility index (Phi) is 1.98. The van der Waals surface area contributed by atoms with E-state index in [-0.39, 0.29) is 17.0 Å². The highest BCUT2D eigenvalue weighted by Gasteiger charge is 2.57. The minimum atomic E-state index is -0.811. The third kappa shape index (κ3) is 1.38. The molecule has 92 valence electrons. The molecule has 0 radical (unpaired) electrons. The molecule has 1 fully saturated rings. The molecule has 1 spiro atoms. The smallest absolute Gasteiger partial charge is 0.343 e. The van der Waals surface area contributed by atoms with Crippen LogP contribution in [0.5, 0.6) is 0 Å². The summed E-state index contributed by atoms with van der Waals surface area (Å²) in [7, 11) is 0. The molecule has 1 N–H and O–H groups in total. The van der Waals surface area contributed by atoms with Gasteiger partial charge >= 0.3 is 5.97 Å². The Morgan fingerprint density at radius 1 is 1.28 bits per heavy atom. The van der Waals surface area contributed by atoms with E-state index in [9.17, 15) is 20.0 Å². The summed E-state index contributed by atoms with van der Waals surface area (Å²) in [6.07, 6.45) is 1.25. The predicted octanol–water partition coefficient (Wildman–Crippen LogP) is 1.95. The maximum atomic E-state index is 11.7. The molecule has 1 aromatic rings. The van der Waals surface area contributed by atoms with Gasteiger partial charge < -0.3 is 9.84 Å². The van der Waals surface area contributed by atoms with E-state index in [0.29, 0.717) is 18.4 Å². The first kappa shape index (κ1) is 10.8. The maximum Gasteiger partial charge on any atom is 0.343 e. The summed E-state index contributed by atoms with van der Waals surface area (Å²) in [6.45, 7) is 0. The Hall–Kier alpha value is -2.37. The number of hydrogen-bond donors (Lipinski definition) is 1. The topological polar surface area (TPSA) is 89.7 Å². The van der Waals surface area contributed by atoms with E-state index in [1.165, 1.54) is 24.3 Å². The van der Waals surface area contributed by atoms with Crippen molar-refractivity contribution in [2.45, 2.75) is 18.4 Å². The molecule has 0 aromatic heterocycles. The van der Waals surface area contributed by atoms with Gasteiger partial charge in [-0.05, 0) is 30.5 Å². The van der Waals surface area contributed by atoms with Gasteiger partial charge in [0.25, 0.3) is 5.69 Å². The summed E-state index contributed by atoms with van der Waals surface area (Å²) in [5.74, 6) is -0.625. The fraction of sp³-hybridized carbons (Fsp3) is 0.250. The van der Waals surface area contributed by atoms with E-state index in [1.807, 2.05) is 0 Å². The second kappa shape index (κ2) is 3.32. The highest BCUT2D eigenvalue weighted by molar-refractivity contribution is 6.19. The molecule has 2 aliphatic rings. The van der Waals surface area contributed by atoms with Crippen LogP contribution in [0.1, 0.15) is 18.4 Å². The van der Waals surface area contributed by atoms with Crippen molar-refractivity contribution in [3.8, 4) is 0 Å². The maximum absolute atomic E-state index is 11.7. The van der Waals surface area contributed by atoms with Crippen LogP contribution >= 0.6 is 0 Å². The molecular weight excluding hydrogens is 238 g/mol. The molecule has 0 unspecified atom stereocenters. The monoisotopic (exact) mass is 247 g/mol. The lowest BCUT2D eigenvalue weighted by atomic mass is 10.0. The van der Waals surface area contributed by atoms with Crippen LogP contribution in [-0.2, 0) is 9.53 Å². The Morgan fingerprint density at radius 2 is 1.89 bits per heavy atom. The van der Waals surface area contributed by atoms with E-state index < -0.39 is 16.5 Å². The van der Waals surface area contributed by atoms with Crippen molar-refractivity contribution in [2.75, 3.05) is 0 Å². The van der Waals surface area contributed by atoms with Crippen LogP contribution in [0, 0.1) is 10.1 Å². The average molecular weight is 247 g/mol. The molecule has 0 atom stereocenters. The minimum absolute atomic E-state index is 0.0543. The van der Waals surface area contributed by atoms with Gasteiger partial charge in [-0.15, -0.1) is 0 Å². The van der Waals surface area contributed by atoms with Crippen LogP contribution < -0.4 is 0 Å². The van der Waals surface area contributed by atoms with Crippen LogP contribution in [0.3, 0.4) is 0 Å². The number of non-ortho nitro benzene ring substituents is 1. The fourth-order valence-corrected chi connectivity index (χ4v) is 2.06. The summed E-state index contributed by atoms with van der Waals surface area (Å²) in [5, 5.41) is 20.5. The summed E-state index contributed by atoms with van der Waals surface area (Å²) in [6, 6.07) is 5.46. The van der Waals surface area contributed by atoms with E-state index in [1.54, 1.807) is 0 Å². The number of hydrogen-bond acceptors (Lipinski definition) is 5. The van der Waals surface area contributed by atoms with Gasteiger partial charge in [0.05, 0.1) is 4.92 Å². The Labute approximate surface area is 102 Å². The molecule has 1 aromatic carbocycles. The SMILES string of the molecule is O=C1OC2(CC2)C(O)=C1c1ccc([N+](=O)[O-])cc1. The fourth-order valence-electron chi connectivity index (χ4n) is 2.06. The molecule has 1 aliphatic carbocycles. The highest BCUT2D eigenvalue weighted by Crippen LogP contribution is 2.52. The predicted molar refractivity (Wildman–Crippen MR) is 60.7 cm³/mol. The number of carbonyl (C=O) groups excluding carboxylic acids is 1. The van der Waals surface area contributed by atoms with Crippen LogP contribution in [0.2, 0.25) is 0 Å². The van der Waals surface area contributed by atoms with Crippen molar-refractivity contribution in [1.29, 1.82) is 0 Å². The van der Waals surface area contributed by atoms with Gasteiger partial charge in [-0.25, -0.2) is 4.79 Å². The normalized spacial score (nSPS) is 20.1. The van der Waals surface area contributed by atoms with Crippen LogP contribution in [0.25, 0.3) is 5.57 Å². The molecule has 1 aliphatic heterocycles. The molecule has 0 amide bonds. The van der Waals surface area contributed by atoms with Crippen molar-refractivity contribution >= 4 is 17.2 Å². The molecule has 0 bridgehead atoms. The van der Waals surface area contributed by atoms with E-state index in [0.717, 1.165) is 0 Å². The summed E-state index contributed by atoms with van der Waals surface area (Å²) < 4.78 is 5.12. The van der Waals surface area contributed by atoms with Crippen LogP contribution in [0.4, 0.5) is 5.69 Å². The zero-order valence-corrected chi connectivity index (χ0v) is 9.25. The van der Waals surface area contributed by atoms with E-state index in [2.05, 4.69) is 0 Å². The molecule has 3 rings (SSSR count). The number of carbonyl (C=O) groups is 1. The first-order chi connectivity index (χ1) is 8.53. The second-order valence-corrected chi connectivity index (χ2v) is 4.41. The number of nitrogens with zero attached hydrogens (tertiary/aromatic N) is 1. The molecule has 1 saturated carbocycles. The van der Waals surface area contributed by atoms with Gasteiger partial charge in [0.1, 0.15) is 5.57 Å². The van der Waals surface area contributed by atoms with E-state index in [4.69, 9.17) is 4.74 Å². The van der Waals surface area contributed by atoms with Crippen molar-refractivity contribution in [1.82, 2.24) is 0 Å². The number of nitro groups is 1. The Morgan fingerprint density at radius 3 is 2.33 bits per heavy atom. The number of esters is 1. The van der Waals surface area contributed by atoms with Crippen LogP contribution in [0.15, 0.2) is 30.0 Å². The number of aliphatic hydroxyl groups excluding tert-OH is 1. The largest absolute Gasteiger partial charge is 0.507 e. The lowest BCUT2D eigenvalue weighted by molar-refractivity contribution is -0.384. The first-order valence-electron chi connectivity index (χ1n) is 5.45. The van der Waals surface area contributed by atoms with Crippen LogP contribution in [-0.4, -0.2) is 21.6 Å². The van der Waals surface area contributed by atoms with E-state index >= 15 is 0 Å². The van der Waals surface area contributed by atoms with Gasteiger partial charge in [-0.2, -0.15) is 0 Å². The minimum Gasteiger partial charge on any atom is -0.507 e. The van der Waals surface area contributed by atoms with Gasteiger partial charge in [0, 0.05) is 12.1 Å². The standard InChI is InChI=1S/C12H9NO5/c14-10-9(11(15)18-12(10)5-6-12)7-1-3-8(4-2-7)13(16)17/h1-4,14H,5-6H2. The third-order valence-electron chi connectivity index (χ3n) is 3.23. The van der Waals surface area contributed by atoms with Crippen molar-refractivity contribution in [3.05, 3.63) is 45.7 Å². The zero-order chi connectivity index (χ0) is 12.9. The zero-order valence-electron chi connectivity index (χ0n) is 9.25. The molecule has 6 heteroatoms. The third-order valence-corrected chi connectivity index (χ3v) is 3.23. The van der Waals surface area contributed by atoms with Gasteiger partial charge in [0.2, 0.25) is 0 Å². The first-order valence-corrected chi connectivity index (χ1v) is 5.45. The van der Waals surface area contributed by atoms with Crippen molar-refractivity contribution < 1.29 is 19.6 Å². The lowest BCUT2D eigenvalue weighted by Gasteiger charge is -2.04. The highest BCUT2D eigenvalue weighted by atomic mass is 16.6. The lowest BCUT2D eigenvalue weighted by Crippen LogP contribution is -2.11. The summed E-state index contributed by atoms with van der Waals surface area (Å²) >= 11 is 0. The molecule has 18 heavy (non-hydrogen) atoms. The number of ether oxygens (including phenoxy) is 1. The average Bonchev–Trinajstić information content (AvgIpc) is 3.05. The molecule has 0 saturated heterocycles. The molecule has 6 nitrogen and oxygen atoms in total. The quantitative estimate of drug-likeness (QED) is 0.490. The second-order valence-electron chi connectivity index (χ2n) is 4.41. The van der Waals surface area contributed by atoms with Gasteiger partial charge in [-0.1, -0.05) is 0 Å². The Balaban J connectivity index is 2.02. The molecular formula is C12H9NO5. The number of benzene rings is 1. The van der Waals surface area contributed by atoms with Crippen molar-refractivity contribution in [3.63, 3.8) is 0 Å². The summed E-state index contributed by atoms with van der Waals surface area (Å²) in [4.78, 5) is 21.7. The number of nitro benzene ring substituents is 1. The van der Waals surface area contributed by atoms with Crippen molar-refractivity contribution in [2.24, 2.45) is 0 Å².